The molecule has 0 radical (unpaired) electrons. The fraction of sp³-hybridized carbons (Fsp3) is 0.245. The van der Waals surface area contributed by atoms with E-state index in [1.165, 1.54) is 71.3 Å². The summed E-state index contributed by atoms with van der Waals surface area (Å²) in [5.74, 6) is -2.39. The Morgan fingerprint density at radius 1 is 0.419 bits per heavy atom. The number of pyridine rings is 6. The van der Waals surface area contributed by atoms with Crippen LogP contribution >= 0.6 is 61.7 Å². The van der Waals surface area contributed by atoms with Crippen LogP contribution in [0.4, 0.5) is 33.6 Å². The Labute approximate surface area is 741 Å². The molecule has 0 bridgehead atoms. The van der Waals surface area contributed by atoms with Crippen LogP contribution in [0.1, 0.15) is 144 Å². The number of aliphatic hydroxyl groups excluding tert-OH is 2. The van der Waals surface area contributed by atoms with Crippen molar-refractivity contribution in [2.24, 2.45) is 0 Å². The molecular formula is C94H81BrCl2F5IN16O5. The number of phenols is 1. The van der Waals surface area contributed by atoms with Crippen LogP contribution in [0.15, 0.2) is 164 Å². The maximum atomic E-state index is 14.8. The lowest BCUT2D eigenvalue weighted by atomic mass is 10.0. The Bertz CT molecular complexity index is 6500. The highest BCUT2D eigenvalue weighted by Gasteiger charge is 2.28. The van der Waals surface area contributed by atoms with Crippen molar-refractivity contribution in [3.63, 3.8) is 0 Å². The molecule has 0 fully saturated rings. The van der Waals surface area contributed by atoms with Gasteiger partial charge in [0.1, 0.15) is 78.8 Å². The van der Waals surface area contributed by atoms with E-state index >= 15 is 0 Å². The lowest BCUT2D eigenvalue weighted by molar-refractivity contribution is 0.0696. The molecule has 8 N–H and O–H groups in total. The molecule has 10 aromatic heterocycles. The number of aryl methyl sites for hydroxylation is 12. The number of nitrogens with two attached hydrogens (primary N) is 2. The summed E-state index contributed by atoms with van der Waals surface area (Å²) >= 11 is 17.2. The van der Waals surface area contributed by atoms with Crippen LogP contribution in [0.2, 0.25) is 10.3 Å². The molecule has 15 aromatic rings. The van der Waals surface area contributed by atoms with Gasteiger partial charge in [-0.2, -0.15) is 10.2 Å². The largest absolute Gasteiger partial charge is 0.508 e. The summed E-state index contributed by atoms with van der Waals surface area (Å²) in [7, 11) is 0. The van der Waals surface area contributed by atoms with Crippen molar-refractivity contribution in [3.05, 3.63) is 308 Å². The van der Waals surface area contributed by atoms with Gasteiger partial charge < -0.3 is 31.9 Å². The van der Waals surface area contributed by atoms with Crippen LogP contribution in [0.25, 0.3) is 78.4 Å². The monoisotopic (exact) mass is 1880 g/mol. The number of aliphatic hydroxyl groups is 2. The summed E-state index contributed by atoms with van der Waals surface area (Å²) < 4.78 is 75.3. The summed E-state index contributed by atoms with van der Waals surface area (Å²) in [5, 5.41) is 48.8. The predicted molar refractivity (Wildman–Crippen MR) is 478 cm³/mol. The van der Waals surface area contributed by atoms with Gasteiger partial charge in [-0.3, -0.25) is 19.9 Å². The smallest absolute Gasteiger partial charge is 0.338 e. The number of aromatic nitrogens is 14. The van der Waals surface area contributed by atoms with Gasteiger partial charge in [0.05, 0.1) is 65.4 Å². The first-order chi connectivity index (χ1) is 60.2. The molecule has 0 saturated heterocycles. The number of hydrogen-bond donors (Lipinski definition) is 6. The van der Waals surface area contributed by atoms with Crippen molar-refractivity contribution in [1.82, 2.24) is 69.4 Å². The number of hydrogen-bond acceptors (Lipinski definition) is 18. The minimum absolute atomic E-state index is 0.0148. The molecule has 0 aliphatic heterocycles. The van der Waals surface area contributed by atoms with Crippen LogP contribution in [-0.2, 0) is 109 Å². The highest BCUT2D eigenvalue weighted by Crippen LogP contribution is 2.40. The van der Waals surface area contributed by atoms with Crippen molar-refractivity contribution in [1.29, 1.82) is 0 Å². The first-order valence-corrected chi connectivity index (χ1v) is 43.6. The standard InChI is InChI=1S/C26H20F2N6O.C20H16FIN6.C15H13BrFN.C15H14FNO.C9H8ClNO2.C9H10ClNO/c27-17-9-15(10-18(35)11-17)24-22-25(29)30-13-31-26(22)34(33-24)12-16-8-14-4-3-7-21(14)32-23(16)19-5-1-2-6-20(19)28;21-14-6-2-1-5-13(14)17-12(8-11-4-3-7-15(11)26-17)9-28-20-16(18(22)27-28)19(23)24-10-25-20;16-9-11-8-10-4-3-7-14(10)18-15(11)12-5-1-2-6-13(12)17;16-13-6-2-1-5-12(13)15-11(9-18)8-10-4-3-7-14(10)17-15;10-8-6(9(12)13)4-5-2-1-3-7(5)11-8;10-9-7(5-12)4-6-2-1-3-8(6)11-9/h1-2,5-6,8-11,13,35H,3-4,7,12H2,(H2,29,30,31);1-2,5-6,8,10H,3-4,7,9H2,(H2,23,24,25);1-2,5-6,8H,3-4,7,9H2;1-2,5-6,8,18H,3-4,7,9H2;4H,1-3H2,(H,12,13);4,12H,1-3,5H2. The quantitative estimate of drug-likeness (QED) is 0.0270. The van der Waals surface area contributed by atoms with E-state index in [0.29, 0.717) is 95.7 Å². The number of anilines is 2. The van der Waals surface area contributed by atoms with Gasteiger partial charge in [0, 0.05) is 95.6 Å². The van der Waals surface area contributed by atoms with E-state index in [0.717, 1.165) is 204 Å². The second kappa shape index (κ2) is 38.2. The van der Waals surface area contributed by atoms with Crippen LogP contribution < -0.4 is 11.5 Å². The number of nitrogen functional groups attached to an aromatic ring is 2. The van der Waals surface area contributed by atoms with E-state index in [1.807, 2.05) is 24.3 Å². The third-order valence-electron chi connectivity index (χ3n) is 22.7. The van der Waals surface area contributed by atoms with Crippen LogP contribution in [-0.4, -0.2) is 95.8 Å². The summed E-state index contributed by atoms with van der Waals surface area (Å²) in [5.41, 5.74) is 36.3. The number of halogens is 9. The van der Waals surface area contributed by atoms with Crippen molar-refractivity contribution in [2.75, 3.05) is 11.5 Å². The molecule has 630 valence electrons. The third kappa shape index (κ3) is 18.6. The number of aromatic hydroxyl groups is 1. The SMILES string of the molecule is Fc1ccccc1-c1nc2c(cc1CBr)CCC2.Nc1ncnc2c1c(-c1cc(O)cc(F)c1)nn2Cc1cc2c(nc1-c1ccccc1F)CCC2.Nc1ncnc2c1c(I)nn2Cc1cc2c(nc1-c1ccccc1F)CCC2.O=C(O)c1cc2c(nc1Cl)CCC2.OCc1cc2c(nc1-c1ccccc1F)CCC2.OCc1cc2c(nc1Cl)CCC2. The van der Waals surface area contributed by atoms with Gasteiger partial charge in [-0.25, -0.2) is 66.0 Å². The van der Waals surface area contributed by atoms with Crippen molar-refractivity contribution < 1.29 is 47.2 Å². The number of rotatable bonds is 13. The maximum absolute atomic E-state index is 14.8. The fourth-order valence-electron chi connectivity index (χ4n) is 16.8. The number of carbonyl (C=O) groups is 1. The fourth-order valence-corrected chi connectivity index (χ4v) is 18.4. The van der Waals surface area contributed by atoms with Crippen molar-refractivity contribution >= 4 is 101 Å². The Hall–Kier alpha value is -11.7. The zero-order valence-corrected chi connectivity index (χ0v) is 72.1. The molecule has 0 spiro atoms. The molecule has 0 unspecified atom stereocenters. The molecular weight excluding hydrogens is 1810 g/mol. The highest BCUT2D eigenvalue weighted by molar-refractivity contribution is 14.1. The normalized spacial score (nSPS) is 13.5. The molecule has 6 aliphatic rings. The number of phenolic OH excluding ortho intramolecular Hbond substituents is 1. The third-order valence-corrected chi connectivity index (χ3v) is 24.7. The molecule has 21 nitrogen and oxygen atoms in total. The van der Waals surface area contributed by atoms with Crippen molar-refractivity contribution in [3.8, 4) is 62.0 Å². The molecule has 30 heteroatoms. The number of alkyl halides is 1. The number of benzene rings is 5. The second-order valence-electron chi connectivity index (χ2n) is 30.7. The first-order valence-electron chi connectivity index (χ1n) is 40.7. The lowest BCUT2D eigenvalue weighted by Gasteiger charge is -2.13. The number of aromatic carboxylic acids is 1. The Balaban J connectivity index is 0.000000115. The first kappa shape index (κ1) is 85.9. The van der Waals surface area contributed by atoms with Gasteiger partial charge >= 0.3 is 5.97 Å². The van der Waals surface area contributed by atoms with Crippen LogP contribution in [0.3, 0.4) is 0 Å². The van der Waals surface area contributed by atoms with Gasteiger partial charge in [0.25, 0.3) is 0 Å². The second-order valence-corrected chi connectivity index (χ2v) is 33.0. The summed E-state index contributed by atoms with van der Waals surface area (Å²) in [6.45, 7) is 0.543. The van der Waals surface area contributed by atoms with Gasteiger partial charge in [0.15, 0.2) is 11.3 Å². The van der Waals surface area contributed by atoms with Gasteiger partial charge in [-0.05, 0) is 268 Å². The molecule has 6 aliphatic carbocycles. The van der Waals surface area contributed by atoms with E-state index in [4.69, 9.17) is 54.9 Å². The number of carboxylic acid groups (broad SMARTS) is 1. The van der Waals surface area contributed by atoms with Crippen molar-refractivity contribution in [2.45, 2.75) is 147 Å². The maximum Gasteiger partial charge on any atom is 0.338 e. The lowest BCUT2D eigenvalue weighted by Crippen LogP contribution is -2.08. The zero-order valence-electron chi connectivity index (χ0n) is 66.9. The van der Waals surface area contributed by atoms with E-state index in [-0.39, 0.29) is 65.3 Å². The molecule has 10 heterocycles. The zero-order chi connectivity index (χ0) is 86.4. The predicted octanol–water partition coefficient (Wildman–Crippen LogP) is 19.2. The Morgan fingerprint density at radius 3 is 1.19 bits per heavy atom. The molecule has 124 heavy (non-hydrogen) atoms. The molecule has 0 amide bonds. The summed E-state index contributed by atoms with van der Waals surface area (Å²) in [4.78, 5) is 54.8. The Kier molecular flexibility index (Phi) is 26.5. The average Bonchev–Trinajstić information content (AvgIpc) is 1.60. The highest BCUT2D eigenvalue weighted by atomic mass is 127. The summed E-state index contributed by atoms with van der Waals surface area (Å²) in [6.07, 6.45) is 21.0. The Morgan fingerprint density at radius 2 is 0.774 bits per heavy atom. The topological polar surface area (TPSA) is 315 Å². The van der Waals surface area contributed by atoms with E-state index in [2.05, 4.69) is 107 Å². The molecule has 21 rings (SSSR count). The number of fused-ring (bicyclic) bond motifs is 8. The molecule has 0 atom stereocenters. The van der Waals surface area contributed by atoms with E-state index in [9.17, 15) is 37.0 Å². The van der Waals surface area contributed by atoms with Gasteiger partial charge in [0.2, 0.25) is 0 Å². The summed E-state index contributed by atoms with van der Waals surface area (Å²) in [6, 6.07) is 42.4. The van der Waals surface area contributed by atoms with Gasteiger partial charge in [-0.15, -0.1) is 0 Å². The average molecular weight is 1890 g/mol. The molecule has 5 aromatic carbocycles. The number of nitrogens with zero attached hydrogens (tertiary/aromatic N) is 14. The minimum Gasteiger partial charge on any atom is -0.508 e. The van der Waals surface area contributed by atoms with Gasteiger partial charge in [-0.1, -0.05) is 93.7 Å². The number of carboxylic acids is 1. The van der Waals surface area contributed by atoms with E-state index < -0.39 is 11.8 Å². The minimum atomic E-state index is -1.01. The van der Waals surface area contributed by atoms with E-state index in [1.54, 1.807) is 76.1 Å². The van der Waals surface area contributed by atoms with Crippen LogP contribution in [0.5, 0.6) is 5.75 Å². The molecule has 0 saturated carbocycles. The van der Waals surface area contributed by atoms with Crippen LogP contribution in [0, 0.1) is 32.8 Å².